The van der Waals surface area contributed by atoms with Crippen LogP contribution in [0.1, 0.15) is 12.8 Å². The zero-order valence-electron chi connectivity index (χ0n) is 9.71. The molecule has 1 saturated heterocycles. The van der Waals surface area contributed by atoms with Crippen LogP contribution < -0.4 is 10.6 Å². The lowest BCUT2D eigenvalue weighted by Crippen LogP contribution is -2.41. The van der Waals surface area contributed by atoms with Crippen molar-refractivity contribution in [3.63, 3.8) is 0 Å². The van der Waals surface area contributed by atoms with Crippen molar-refractivity contribution < 1.29 is 4.79 Å². The van der Waals surface area contributed by atoms with Crippen molar-refractivity contribution in [3.8, 4) is 0 Å². The van der Waals surface area contributed by atoms with Gasteiger partial charge in [-0.1, -0.05) is 0 Å². The van der Waals surface area contributed by atoms with E-state index in [1.165, 1.54) is 24.6 Å². The fourth-order valence-electron chi connectivity index (χ4n) is 1.77. The van der Waals surface area contributed by atoms with Gasteiger partial charge in [-0.2, -0.15) is 11.8 Å². The van der Waals surface area contributed by atoms with Crippen molar-refractivity contribution in [1.29, 1.82) is 0 Å². The van der Waals surface area contributed by atoms with E-state index in [-0.39, 0.29) is 5.91 Å². The first kappa shape index (κ1) is 12.2. The monoisotopic (exact) mass is 243 g/mol. The summed E-state index contributed by atoms with van der Waals surface area (Å²) in [5.41, 5.74) is 0. The van der Waals surface area contributed by atoms with Crippen LogP contribution in [0.5, 0.6) is 0 Å². The van der Waals surface area contributed by atoms with Gasteiger partial charge in [0.2, 0.25) is 5.91 Å². The molecule has 2 rings (SSSR count). The van der Waals surface area contributed by atoms with Gasteiger partial charge in [-0.3, -0.25) is 4.79 Å². The minimum absolute atomic E-state index is 0.150. The number of nitrogens with one attached hydrogen (secondary N) is 2. The van der Waals surface area contributed by atoms with Crippen LogP contribution >= 0.6 is 11.8 Å². The molecular formula is C11H21N3OS. The van der Waals surface area contributed by atoms with Gasteiger partial charge in [0.1, 0.15) is 0 Å². The topological polar surface area (TPSA) is 44.4 Å². The van der Waals surface area contributed by atoms with Gasteiger partial charge < -0.3 is 15.5 Å². The average Bonchev–Trinajstić information content (AvgIpc) is 3.10. The standard InChI is InChI=1S/C11H21N3OS/c15-11(13-10-1-2-10)9-12-3-4-14-5-7-16-8-6-14/h10,12H,1-9H2,(H,13,15). The largest absolute Gasteiger partial charge is 0.352 e. The number of hydrogen-bond acceptors (Lipinski definition) is 4. The molecule has 16 heavy (non-hydrogen) atoms. The molecule has 1 heterocycles. The Morgan fingerprint density at radius 1 is 1.31 bits per heavy atom. The molecule has 1 saturated carbocycles. The van der Waals surface area contributed by atoms with Crippen molar-refractivity contribution in [2.45, 2.75) is 18.9 Å². The lowest BCUT2D eigenvalue weighted by atomic mass is 10.4. The van der Waals surface area contributed by atoms with Gasteiger partial charge in [0.05, 0.1) is 6.54 Å². The SMILES string of the molecule is O=C(CNCCN1CCSCC1)NC1CC1. The minimum atomic E-state index is 0.150. The number of thioether (sulfide) groups is 1. The second-order valence-corrected chi connectivity index (χ2v) is 5.70. The van der Waals surface area contributed by atoms with E-state index in [0.717, 1.165) is 25.9 Å². The number of carbonyl (C=O) groups excluding carboxylic acids is 1. The molecule has 0 spiro atoms. The summed E-state index contributed by atoms with van der Waals surface area (Å²) in [5.74, 6) is 2.65. The third-order valence-corrected chi connectivity index (χ3v) is 3.88. The summed E-state index contributed by atoms with van der Waals surface area (Å²) in [5, 5.41) is 6.18. The Morgan fingerprint density at radius 3 is 2.75 bits per heavy atom. The van der Waals surface area contributed by atoms with E-state index in [1.807, 2.05) is 11.8 Å². The molecule has 1 aliphatic carbocycles. The number of rotatable bonds is 6. The summed E-state index contributed by atoms with van der Waals surface area (Å²) in [6.07, 6.45) is 2.33. The highest BCUT2D eigenvalue weighted by Gasteiger charge is 2.22. The molecule has 1 aliphatic heterocycles. The molecule has 2 N–H and O–H groups in total. The van der Waals surface area contributed by atoms with E-state index in [2.05, 4.69) is 15.5 Å². The highest BCUT2D eigenvalue weighted by molar-refractivity contribution is 7.99. The summed E-state index contributed by atoms with van der Waals surface area (Å²) in [6.45, 7) is 4.85. The van der Waals surface area contributed by atoms with E-state index in [1.54, 1.807) is 0 Å². The number of carbonyl (C=O) groups is 1. The van der Waals surface area contributed by atoms with Crippen molar-refractivity contribution in [3.05, 3.63) is 0 Å². The van der Waals surface area contributed by atoms with Crippen molar-refractivity contribution in [2.75, 3.05) is 44.2 Å². The molecule has 0 aromatic rings. The fraction of sp³-hybridized carbons (Fsp3) is 0.909. The Morgan fingerprint density at radius 2 is 2.06 bits per heavy atom. The molecule has 0 radical (unpaired) electrons. The third-order valence-electron chi connectivity index (χ3n) is 2.94. The van der Waals surface area contributed by atoms with Crippen LogP contribution in [0, 0.1) is 0 Å². The Kier molecular flexibility index (Phi) is 4.93. The predicted octanol–water partition coefficient (Wildman–Crippen LogP) is -0.0966. The molecule has 2 aliphatic rings. The van der Waals surface area contributed by atoms with Crippen molar-refractivity contribution >= 4 is 17.7 Å². The summed E-state index contributed by atoms with van der Waals surface area (Å²) in [7, 11) is 0. The number of hydrogen-bond donors (Lipinski definition) is 2. The molecule has 0 atom stereocenters. The van der Waals surface area contributed by atoms with Crippen LogP contribution in [0.2, 0.25) is 0 Å². The molecule has 2 fully saturated rings. The van der Waals surface area contributed by atoms with E-state index in [4.69, 9.17) is 0 Å². The Labute approximate surface area is 102 Å². The summed E-state index contributed by atoms with van der Waals surface area (Å²) < 4.78 is 0. The minimum Gasteiger partial charge on any atom is -0.352 e. The van der Waals surface area contributed by atoms with E-state index in [0.29, 0.717) is 12.6 Å². The van der Waals surface area contributed by atoms with E-state index < -0.39 is 0 Å². The lowest BCUT2D eigenvalue weighted by Gasteiger charge is -2.25. The van der Waals surface area contributed by atoms with E-state index in [9.17, 15) is 4.79 Å². The molecule has 4 nitrogen and oxygen atoms in total. The van der Waals surface area contributed by atoms with Gasteiger partial charge in [-0.15, -0.1) is 0 Å². The Hall–Kier alpha value is -0.260. The molecule has 0 bridgehead atoms. The summed E-state index contributed by atoms with van der Waals surface area (Å²) >= 11 is 2.03. The smallest absolute Gasteiger partial charge is 0.234 e. The molecule has 1 amide bonds. The molecule has 92 valence electrons. The third kappa shape index (κ3) is 4.72. The summed E-state index contributed by atoms with van der Waals surface area (Å²) in [4.78, 5) is 13.8. The van der Waals surface area contributed by atoms with Crippen LogP contribution in [-0.2, 0) is 4.79 Å². The zero-order valence-corrected chi connectivity index (χ0v) is 10.5. The maximum absolute atomic E-state index is 11.4. The van der Waals surface area contributed by atoms with Gasteiger partial charge in [-0.25, -0.2) is 0 Å². The van der Waals surface area contributed by atoms with Gasteiger partial charge in [0, 0.05) is 43.7 Å². The van der Waals surface area contributed by atoms with Crippen LogP contribution in [0.4, 0.5) is 0 Å². The molecule has 0 aromatic heterocycles. The van der Waals surface area contributed by atoms with Crippen LogP contribution in [0.25, 0.3) is 0 Å². The lowest BCUT2D eigenvalue weighted by molar-refractivity contribution is -0.120. The number of amides is 1. The predicted molar refractivity (Wildman–Crippen MR) is 67.8 cm³/mol. The van der Waals surface area contributed by atoms with Gasteiger partial charge in [0.15, 0.2) is 0 Å². The van der Waals surface area contributed by atoms with Crippen LogP contribution in [-0.4, -0.2) is 61.1 Å². The average molecular weight is 243 g/mol. The van der Waals surface area contributed by atoms with Crippen LogP contribution in [0.3, 0.4) is 0 Å². The first-order valence-electron chi connectivity index (χ1n) is 6.15. The number of nitrogens with zero attached hydrogens (tertiary/aromatic N) is 1. The highest BCUT2D eigenvalue weighted by Crippen LogP contribution is 2.18. The maximum Gasteiger partial charge on any atom is 0.234 e. The molecule has 5 heteroatoms. The first-order valence-corrected chi connectivity index (χ1v) is 7.30. The first-order chi connectivity index (χ1) is 7.84. The normalized spacial score (nSPS) is 22.0. The zero-order chi connectivity index (χ0) is 11.2. The highest BCUT2D eigenvalue weighted by atomic mass is 32.2. The van der Waals surface area contributed by atoms with Crippen LogP contribution in [0.15, 0.2) is 0 Å². The molecule has 0 aromatic carbocycles. The second kappa shape index (κ2) is 6.47. The quantitative estimate of drug-likeness (QED) is 0.640. The maximum atomic E-state index is 11.4. The van der Waals surface area contributed by atoms with Crippen molar-refractivity contribution in [1.82, 2.24) is 15.5 Å². The Balaban J connectivity index is 1.45. The van der Waals surface area contributed by atoms with E-state index >= 15 is 0 Å². The van der Waals surface area contributed by atoms with Gasteiger partial charge in [-0.05, 0) is 12.8 Å². The van der Waals surface area contributed by atoms with Gasteiger partial charge >= 0.3 is 0 Å². The Bertz CT molecular complexity index is 227. The second-order valence-electron chi connectivity index (χ2n) is 4.47. The fourth-order valence-corrected chi connectivity index (χ4v) is 2.75. The van der Waals surface area contributed by atoms with Gasteiger partial charge in [0.25, 0.3) is 0 Å². The van der Waals surface area contributed by atoms with Crippen molar-refractivity contribution in [2.24, 2.45) is 0 Å². The molecule has 0 unspecified atom stereocenters. The molecular weight excluding hydrogens is 222 g/mol. The summed E-state index contributed by atoms with van der Waals surface area (Å²) in [6, 6.07) is 0.480.